The van der Waals surface area contributed by atoms with Crippen LogP contribution in [0.3, 0.4) is 0 Å². The summed E-state index contributed by atoms with van der Waals surface area (Å²) in [6, 6.07) is 30.2. The van der Waals surface area contributed by atoms with E-state index < -0.39 is 0 Å². The summed E-state index contributed by atoms with van der Waals surface area (Å²) in [5.41, 5.74) is 4.52. The normalized spacial score (nSPS) is 11.8. The number of hydrogen-bond donors (Lipinski definition) is 0. The van der Waals surface area contributed by atoms with E-state index >= 15 is 0 Å². The first-order chi connectivity index (χ1) is 15.9. The van der Waals surface area contributed by atoms with Gasteiger partial charge in [-0.25, -0.2) is 15.0 Å². The van der Waals surface area contributed by atoms with Crippen LogP contribution in [0.2, 0.25) is 0 Å². The van der Waals surface area contributed by atoms with E-state index in [0.717, 1.165) is 11.3 Å². The van der Waals surface area contributed by atoms with Crippen molar-refractivity contribution >= 4 is 53.3 Å². The lowest BCUT2D eigenvalue weighted by Gasteiger charge is -2.07. The van der Waals surface area contributed by atoms with Crippen LogP contribution in [-0.4, -0.2) is 19.5 Å². The first kappa shape index (κ1) is 17.6. The van der Waals surface area contributed by atoms with Crippen molar-refractivity contribution in [1.29, 1.82) is 0 Å². The zero-order chi connectivity index (χ0) is 21.1. The molecule has 0 atom stereocenters. The highest BCUT2D eigenvalue weighted by molar-refractivity contribution is 7.26. The second-order valence-electron chi connectivity index (χ2n) is 7.80. The molecule has 4 aromatic carbocycles. The van der Waals surface area contributed by atoms with Gasteiger partial charge in [0.2, 0.25) is 0 Å². The fourth-order valence-electron chi connectivity index (χ4n) is 4.71. The average molecular weight is 429 g/mol. The largest absolute Gasteiger partial charge is 0.309 e. The van der Waals surface area contributed by atoms with Gasteiger partial charge < -0.3 is 4.57 Å². The molecule has 0 radical (unpaired) electrons. The Labute approximate surface area is 187 Å². The maximum absolute atomic E-state index is 4.38. The Morgan fingerprint density at radius 1 is 0.625 bits per heavy atom. The molecule has 4 nitrogen and oxygen atoms in total. The Morgan fingerprint density at radius 2 is 1.41 bits per heavy atom. The van der Waals surface area contributed by atoms with Crippen LogP contribution in [0.5, 0.6) is 0 Å². The Bertz CT molecular complexity index is 1770. The van der Waals surface area contributed by atoms with Gasteiger partial charge in [-0.2, -0.15) is 0 Å². The lowest BCUT2D eigenvalue weighted by molar-refractivity contribution is 1.06. The number of rotatable bonds is 2. The molecule has 150 valence electrons. The van der Waals surface area contributed by atoms with Crippen LogP contribution in [0, 0.1) is 0 Å². The molecule has 3 aromatic heterocycles. The van der Waals surface area contributed by atoms with Gasteiger partial charge in [0.15, 0.2) is 5.82 Å². The van der Waals surface area contributed by atoms with Crippen molar-refractivity contribution in [2.24, 2.45) is 0 Å². The molecule has 7 aromatic rings. The lowest BCUT2D eigenvalue weighted by atomic mass is 10.0. The molecule has 0 bridgehead atoms. The van der Waals surface area contributed by atoms with Crippen LogP contribution in [-0.2, 0) is 0 Å². The van der Waals surface area contributed by atoms with E-state index in [1.165, 1.54) is 42.0 Å². The van der Waals surface area contributed by atoms with Crippen LogP contribution in [0.4, 0.5) is 0 Å². The quantitative estimate of drug-likeness (QED) is 0.298. The van der Waals surface area contributed by atoms with Gasteiger partial charge in [0.1, 0.15) is 12.7 Å². The summed E-state index contributed by atoms with van der Waals surface area (Å²) in [5, 5.41) is 5.09. The standard InChI is InChI=1S/C27H16N4S/c1-2-6-18(7-3-1)31-21-11-10-17(27-29-15-28-16-30-27)14-20(21)25-22(31)12-13-24-26(25)19-8-4-5-9-23(19)32-24/h1-16H. The van der Waals surface area contributed by atoms with E-state index in [4.69, 9.17) is 0 Å². The van der Waals surface area contributed by atoms with Crippen molar-refractivity contribution in [2.45, 2.75) is 0 Å². The molecule has 3 heterocycles. The monoisotopic (exact) mass is 428 g/mol. The zero-order valence-corrected chi connectivity index (χ0v) is 17.8. The van der Waals surface area contributed by atoms with Gasteiger partial charge in [0.05, 0.1) is 11.0 Å². The van der Waals surface area contributed by atoms with Gasteiger partial charge in [0, 0.05) is 42.2 Å². The van der Waals surface area contributed by atoms with E-state index in [1.54, 1.807) is 12.7 Å². The smallest absolute Gasteiger partial charge is 0.162 e. The Hall–Kier alpha value is -4.09. The van der Waals surface area contributed by atoms with Crippen molar-refractivity contribution in [3.05, 3.63) is 97.6 Å². The van der Waals surface area contributed by atoms with E-state index in [1.807, 2.05) is 11.3 Å². The number of aromatic nitrogens is 4. The summed E-state index contributed by atoms with van der Waals surface area (Å²) in [4.78, 5) is 12.7. The highest BCUT2D eigenvalue weighted by atomic mass is 32.1. The fourth-order valence-corrected chi connectivity index (χ4v) is 5.82. The minimum absolute atomic E-state index is 0.685. The molecule has 0 saturated carbocycles. The molecule has 32 heavy (non-hydrogen) atoms. The number of hydrogen-bond acceptors (Lipinski definition) is 4. The van der Waals surface area contributed by atoms with Gasteiger partial charge in [0.25, 0.3) is 0 Å². The summed E-state index contributed by atoms with van der Waals surface area (Å²) in [7, 11) is 0. The third-order valence-electron chi connectivity index (χ3n) is 6.04. The molecule has 0 aliphatic carbocycles. The average Bonchev–Trinajstić information content (AvgIpc) is 3.40. The van der Waals surface area contributed by atoms with Crippen molar-refractivity contribution < 1.29 is 0 Å². The first-order valence-electron chi connectivity index (χ1n) is 10.4. The number of fused-ring (bicyclic) bond motifs is 7. The molecular weight excluding hydrogens is 412 g/mol. The zero-order valence-electron chi connectivity index (χ0n) is 16.9. The van der Waals surface area contributed by atoms with Crippen LogP contribution in [0.1, 0.15) is 0 Å². The summed E-state index contributed by atoms with van der Waals surface area (Å²) in [6.45, 7) is 0. The van der Waals surface area contributed by atoms with E-state index in [9.17, 15) is 0 Å². The minimum atomic E-state index is 0.685. The number of nitrogens with zero attached hydrogens (tertiary/aromatic N) is 4. The van der Waals surface area contributed by atoms with E-state index in [2.05, 4.69) is 104 Å². The SMILES string of the molecule is c1ccc(-n2c3ccc(-c4ncncn4)cc3c3c4c(ccc32)sc2ccccc24)cc1. The molecule has 0 fully saturated rings. The first-order valence-corrected chi connectivity index (χ1v) is 11.3. The molecule has 0 spiro atoms. The lowest BCUT2D eigenvalue weighted by Crippen LogP contribution is -1.93. The second-order valence-corrected chi connectivity index (χ2v) is 8.88. The number of thiophene rings is 1. The fraction of sp³-hybridized carbons (Fsp3) is 0. The number of benzene rings is 4. The molecule has 0 N–H and O–H groups in total. The maximum Gasteiger partial charge on any atom is 0.162 e. The van der Waals surface area contributed by atoms with Crippen molar-refractivity contribution in [2.75, 3.05) is 0 Å². The van der Waals surface area contributed by atoms with Crippen molar-refractivity contribution in [3.8, 4) is 17.1 Å². The predicted molar refractivity (Wildman–Crippen MR) is 132 cm³/mol. The molecule has 0 unspecified atom stereocenters. The van der Waals surface area contributed by atoms with Crippen molar-refractivity contribution in [1.82, 2.24) is 19.5 Å². The van der Waals surface area contributed by atoms with Gasteiger partial charge in [-0.05, 0) is 48.5 Å². The highest BCUT2D eigenvalue weighted by Gasteiger charge is 2.18. The summed E-state index contributed by atoms with van der Waals surface area (Å²) in [5.74, 6) is 0.685. The van der Waals surface area contributed by atoms with Gasteiger partial charge >= 0.3 is 0 Å². The predicted octanol–water partition coefficient (Wildman–Crippen LogP) is 7.00. The summed E-state index contributed by atoms with van der Waals surface area (Å²) < 4.78 is 4.97. The van der Waals surface area contributed by atoms with E-state index in [0.29, 0.717) is 5.82 Å². The second kappa shape index (κ2) is 6.70. The van der Waals surface area contributed by atoms with Crippen LogP contribution in [0.15, 0.2) is 97.6 Å². The summed E-state index contributed by atoms with van der Waals surface area (Å²) >= 11 is 1.85. The van der Waals surface area contributed by atoms with Crippen molar-refractivity contribution in [3.63, 3.8) is 0 Å². The van der Waals surface area contributed by atoms with Gasteiger partial charge in [-0.15, -0.1) is 11.3 Å². The molecule has 7 rings (SSSR count). The molecule has 0 saturated heterocycles. The molecule has 0 aliphatic heterocycles. The Balaban J connectivity index is 1.70. The molecule has 5 heteroatoms. The van der Waals surface area contributed by atoms with E-state index in [-0.39, 0.29) is 0 Å². The Kier molecular flexibility index (Phi) is 3.68. The highest BCUT2D eigenvalue weighted by Crippen LogP contribution is 2.43. The molecule has 0 amide bonds. The van der Waals surface area contributed by atoms with Gasteiger partial charge in [-0.3, -0.25) is 0 Å². The molecule has 0 aliphatic rings. The van der Waals surface area contributed by atoms with Gasteiger partial charge in [-0.1, -0.05) is 36.4 Å². The van der Waals surface area contributed by atoms with Crippen LogP contribution < -0.4 is 0 Å². The Morgan fingerprint density at radius 3 is 2.28 bits per heavy atom. The van der Waals surface area contributed by atoms with Crippen LogP contribution >= 0.6 is 11.3 Å². The minimum Gasteiger partial charge on any atom is -0.309 e. The molecular formula is C27H16N4S. The maximum atomic E-state index is 4.38. The summed E-state index contributed by atoms with van der Waals surface area (Å²) in [6.07, 6.45) is 3.09. The van der Waals surface area contributed by atoms with Crippen LogP contribution in [0.25, 0.3) is 59.1 Å². The topological polar surface area (TPSA) is 43.6 Å². The number of para-hydroxylation sites is 1. The third kappa shape index (κ3) is 2.46. The third-order valence-corrected chi connectivity index (χ3v) is 7.17.